The van der Waals surface area contributed by atoms with E-state index in [1.54, 1.807) is 18.3 Å². The lowest BCUT2D eigenvalue weighted by molar-refractivity contribution is 0.471. The summed E-state index contributed by atoms with van der Waals surface area (Å²) < 4.78 is 0. The molecule has 1 heterocycles. The molecule has 9 heavy (non-hydrogen) atoms. The van der Waals surface area contributed by atoms with Crippen LogP contribution < -0.4 is 0 Å². The van der Waals surface area contributed by atoms with Gasteiger partial charge in [-0.3, -0.25) is 4.98 Å². The molecule has 0 saturated heterocycles. The lowest BCUT2D eigenvalue weighted by atomic mass is 10.2. The van der Waals surface area contributed by atoms with Gasteiger partial charge in [0, 0.05) is 11.8 Å². The maximum Gasteiger partial charge on any atom is 0.141 e. The highest BCUT2D eigenvalue weighted by atomic mass is 16.3. The number of hydrogen-bond donors (Lipinski definition) is 1. The topological polar surface area (TPSA) is 33.1 Å². The largest absolute Gasteiger partial charge is 0.506 e. The fourth-order valence-corrected chi connectivity index (χ4v) is 0.569. The summed E-state index contributed by atoms with van der Waals surface area (Å²) in [6.07, 6.45) is 4.57. The molecule has 46 valence electrons. The second kappa shape index (κ2) is 2.31. The van der Waals surface area contributed by atoms with Crippen LogP contribution in [0.15, 0.2) is 25.0 Å². The smallest absolute Gasteiger partial charge is 0.141 e. The van der Waals surface area contributed by atoms with Gasteiger partial charge >= 0.3 is 0 Å². The molecule has 0 atom stereocenters. The molecular weight excluding hydrogens is 114 g/mol. The van der Waals surface area contributed by atoms with Crippen LogP contribution in [0.25, 0.3) is 6.08 Å². The normalized spacial score (nSPS) is 8.89. The van der Waals surface area contributed by atoms with Gasteiger partial charge in [0.25, 0.3) is 0 Å². The summed E-state index contributed by atoms with van der Waals surface area (Å²) >= 11 is 0. The third-order valence-corrected chi connectivity index (χ3v) is 1.05. The Hall–Kier alpha value is -1.31. The number of pyridine rings is 1. The highest BCUT2D eigenvalue weighted by molar-refractivity contribution is 5.53. The SMILES string of the molecule is C=Cc1ccncc1O. The Morgan fingerprint density at radius 1 is 1.67 bits per heavy atom. The second-order valence-electron chi connectivity index (χ2n) is 1.64. The Labute approximate surface area is 53.5 Å². The molecule has 2 nitrogen and oxygen atoms in total. The predicted octanol–water partition coefficient (Wildman–Crippen LogP) is 1.43. The molecule has 0 saturated carbocycles. The molecule has 2 heteroatoms. The van der Waals surface area contributed by atoms with Gasteiger partial charge in [-0.2, -0.15) is 0 Å². The quantitative estimate of drug-likeness (QED) is 0.609. The van der Waals surface area contributed by atoms with E-state index < -0.39 is 0 Å². The van der Waals surface area contributed by atoms with Gasteiger partial charge in [0.15, 0.2) is 0 Å². The maximum atomic E-state index is 8.98. The van der Waals surface area contributed by atoms with E-state index in [1.807, 2.05) is 0 Å². The Bertz CT molecular complexity index is 220. The summed E-state index contributed by atoms with van der Waals surface area (Å²) in [4.78, 5) is 3.70. The number of aromatic hydroxyl groups is 1. The summed E-state index contributed by atoms with van der Waals surface area (Å²) in [5.74, 6) is 0.174. The van der Waals surface area contributed by atoms with Crippen molar-refractivity contribution >= 4 is 6.08 Å². The zero-order chi connectivity index (χ0) is 6.69. The van der Waals surface area contributed by atoms with E-state index in [1.165, 1.54) is 6.20 Å². The Kier molecular flexibility index (Phi) is 1.49. The second-order valence-corrected chi connectivity index (χ2v) is 1.64. The summed E-state index contributed by atoms with van der Waals surface area (Å²) in [5.41, 5.74) is 0.713. The molecular formula is C7H7NO. The number of nitrogens with zero attached hydrogens (tertiary/aromatic N) is 1. The van der Waals surface area contributed by atoms with E-state index in [9.17, 15) is 0 Å². The van der Waals surface area contributed by atoms with Crippen molar-refractivity contribution < 1.29 is 5.11 Å². The Morgan fingerprint density at radius 3 is 2.89 bits per heavy atom. The minimum absolute atomic E-state index is 0.174. The molecule has 0 aliphatic heterocycles. The van der Waals surface area contributed by atoms with Crippen LogP contribution in [0.2, 0.25) is 0 Å². The van der Waals surface area contributed by atoms with Crippen LogP contribution in [0.4, 0.5) is 0 Å². The Morgan fingerprint density at radius 2 is 2.44 bits per heavy atom. The van der Waals surface area contributed by atoms with Crippen LogP contribution in [0.3, 0.4) is 0 Å². The average molecular weight is 121 g/mol. The van der Waals surface area contributed by atoms with Gasteiger partial charge in [-0.1, -0.05) is 12.7 Å². The zero-order valence-electron chi connectivity index (χ0n) is 4.91. The molecule has 0 fully saturated rings. The fourth-order valence-electron chi connectivity index (χ4n) is 0.569. The van der Waals surface area contributed by atoms with Gasteiger partial charge in [-0.25, -0.2) is 0 Å². The number of rotatable bonds is 1. The molecule has 1 rings (SSSR count). The van der Waals surface area contributed by atoms with Gasteiger partial charge in [-0.05, 0) is 6.07 Å². The average Bonchev–Trinajstić information content (AvgIpc) is 1.89. The minimum atomic E-state index is 0.174. The van der Waals surface area contributed by atoms with Crippen LogP contribution in [-0.4, -0.2) is 10.1 Å². The van der Waals surface area contributed by atoms with Crippen molar-refractivity contribution in [3.8, 4) is 5.75 Å². The molecule has 0 amide bonds. The van der Waals surface area contributed by atoms with E-state index in [4.69, 9.17) is 5.11 Å². The molecule has 0 aliphatic rings. The van der Waals surface area contributed by atoms with Crippen LogP contribution in [0, 0.1) is 0 Å². The first kappa shape index (κ1) is 5.82. The molecule has 0 unspecified atom stereocenters. The first-order valence-electron chi connectivity index (χ1n) is 2.60. The third-order valence-electron chi connectivity index (χ3n) is 1.05. The van der Waals surface area contributed by atoms with Crippen molar-refractivity contribution in [2.45, 2.75) is 0 Å². The summed E-state index contributed by atoms with van der Waals surface area (Å²) in [5, 5.41) is 8.98. The van der Waals surface area contributed by atoms with Gasteiger partial charge in [0.1, 0.15) is 5.75 Å². The highest BCUT2D eigenvalue weighted by Gasteiger charge is 1.90. The summed E-state index contributed by atoms with van der Waals surface area (Å²) in [6, 6.07) is 1.70. The van der Waals surface area contributed by atoms with Crippen molar-refractivity contribution in [1.29, 1.82) is 0 Å². The monoisotopic (exact) mass is 121 g/mol. The van der Waals surface area contributed by atoms with Crippen molar-refractivity contribution in [2.75, 3.05) is 0 Å². The molecule has 0 aliphatic carbocycles. The van der Waals surface area contributed by atoms with E-state index in [0.29, 0.717) is 5.56 Å². The summed E-state index contributed by atoms with van der Waals surface area (Å²) in [7, 11) is 0. The van der Waals surface area contributed by atoms with E-state index in [-0.39, 0.29) is 5.75 Å². The molecule has 1 aromatic rings. The van der Waals surface area contributed by atoms with E-state index >= 15 is 0 Å². The lowest BCUT2D eigenvalue weighted by Gasteiger charge is -1.93. The molecule has 0 radical (unpaired) electrons. The minimum Gasteiger partial charge on any atom is -0.506 e. The van der Waals surface area contributed by atoms with Gasteiger partial charge < -0.3 is 5.11 Å². The van der Waals surface area contributed by atoms with E-state index in [2.05, 4.69) is 11.6 Å². The summed E-state index contributed by atoms with van der Waals surface area (Å²) in [6.45, 7) is 3.50. The zero-order valence-corrected chi connectivity index (χ0v) is 4.91. The van der Waals surface area contributed by atoms with Crippen molar-refractivity contribution in [2.24, 2.45) is 0 Å². The molecule has 1 aromatic heterocycles. The highest BCUT2D eigenvalue weighted by Crippen LogP contribution is 2.13. The first-order chi connectivity index (χ1) is 4.34. The molecule has 1 N–H and O–H groups in total. The molecule has 0 aromatic carbocycles. The van der Waals surface area contributed by atoms with Crippen molar-refractivity contribution in [3.63, 3.8) is 0 Å². The van der Waals surface area contributed by atoms with Crippen LogP contribution >= 0.6 is 0 Å². The molecule has 0 bridgehead atoms. The number of hydrogen-bond acceptors (Lipinski definition) is 2. The fraction of sp³-hybridized carbons (Fsp3) is 0. The predicted molar refractivity (Wildman–Crippen MR) is 36.0 cm³/mol. The standard InChI is InChI=1S/C7H7NO/c1-2-6-3-4-8-5-7(6)9/h2-5,9H,1H2. The van der Waals surface area contributed by atoms with Crippen molar-refractivity contribution in [1.82, 2.24) is 4.98 Å². The maximum absolute atomic E-state index is 8.98. The first-order valence-corrected chi connectivity index (χ1v) is 2.60. The third kappa shape index (κ3) is 1.08. The van der Waals surface area contributed by atoms with Gasteiger partial charge in [0.05, 0.1) is 6.20 Å². The van der Waals surface area contributed by atoms with Crippen LogP contribution in [0.5, 0.6) is 5.75 Å². The lowest BCUT2D eigenvalue weighted by Crippen LogP contribution is -1.74. The van der Waals surface area contributed by atoms with Gasteiger partial charge in [0.2, 0.25) is 0 Å². The van der Waals surface area contributed by atoms with Gasteiger partial charge in [-0.15, -0.1) is 0 Å². The van der Waals surface area contributed by atoms with E-state index in [0.717, 1.165) is 0 Å². The number of aromatic nitrogens is 1. The van der Waals surface area contributed by atoms with Crippen LogP contribution in [-0.2, 0) is 0 Å². The Balaban J connectivity index is 3.15. The van der Waals surface area contributed by atoms with Crippen LogP contribution in [0.1, 0.15) is 5.56 Å². The molecule has 0 spiro atoms. The van der Waals surface area contributed by atoms with Crippen molar-refractivity contribution in [3.05, 3.63) is 30.6 Å².